The Bertz CT molecular complexity index is 955. The molecule has 0 radical (unpaired) electrons. The van der Waals surface area contributed by atoms with E-state index in [2.05, 4.69) is 6.07 Å². The van der Waals surface area contributed by atoms with Crippen LogP contribution in [0.3, 0.4) is 0 Å². The minimum atomic E-state index is -4.42. The second kappa shape index (κ2) is 8.62. The van der Waals surface area contributed by atoms with Crippen LogP contribution in [0, 0.1) is 11.3 Å². The highest BCUT2D eigenvalue weighted by Crippen LogP contribution is 2.41. The van der Waals surface area contributed by atoms with Crippen molar-refractivity contribution in [2.24, 2.45) is 0 Å². The number of hydrogen-bond donors (Lipinski definition) is 0. The van der Waals surface area contributed by atoms with E-state index >= 15 is 0 Å². The summed E-state index contributed by atoms with van der Waals surface area (Å²) in [4.78, 5) is 14.4. The molecular formula is C24H25F3N2O2. The average molecular weight is 430 g/mol. The minimum absolute atomic E-state index is 0.110. The third kappa shape index (κ3) is 5.57. The highest BCUT2D eigenvalue weighted by atomic mass is 19.4. The standard InChI is InChI=1S/C24H25F3N2O2/c1-23(2,3)31-22(30)29-13-12-19(17-6-4-16(15-28)5-7-17)14-21(29)18-8-10-20(11-9-18)24(25,26)27/h4-11,19,21H,12-14H2,1-3H3/t19-,21+/m1/s1. The van der Waals surface area contributed by atoms with Gasteiger partial charge in [-0.05, 0) is 74.9 Å². The molecule has 0 spiro atoms. The molecule has 1 aliphatic heterocycles. The van der Waals surface area contributed by atoms with Crippen molar-refractivity contribution in [2.45, 2.75) is 57.3 Å². The van der Waals surface area contributed by atoms with E-state index in [0.29, 0.717) is 30.5 Å². The molecule has 2 atom stereocenters. The lowest BCUT2D eigenvalue weighted by atomic mass is 9.82. The molecule has 1 aliphatic rings. The van der Waals surface area contributed by atoms with Crippen molar-refractivity contribution in [3.05, 3.63) is 70.8 Å². The lowest BCUT2D eigenvalue weighted by molar-refractivity contribution is -0.137. The Morgan fingerprint density at radius 3 is 2.13 bits per heavy atom. The van der Waals surface area contributed by atoms with E-state index in [9.17, 15) is 18.0 Å². The Kier molecular flexibility index (Phi) is 6.30. The predicted molar refractivity (Wildman–Crippen MR) is 110 cm³/mol. The van der Waals surface area contributed by atoms with E-state index in [1.807, 2.05) is 12.1 Å². The number of carbonyl (C=O) groups is 1. The van der Waals surface area contributed by atoms with E-state index in [1.54, 1.807) is 37.8 Å². The summed E-state index contributed by atoms with van der Waals surface area (Å²) in [6.45, 7) is 5.76. The van der Waals surface area contributed by atoms with Gasteiger partial charge in [0.15, 0.2) is 0 Å². The number of piperidine rings is 1. The highest BCUT2D eigenvalue weighted by molar-refractivity contribution is 5.69. The van der Waals surface area contributed by atoms with Crippen LogP contribution in [0.15, 0.2) is 48.5 Å². The van der Waals surface area contributed by atoms with E-state index in [1.165, 1.54) is 12.1 Å². The van der Waals surface area contributed by atoms with Crippen LogP contribution in [0.25, 0.3) is 0 Å². The molecule has 164 valence electrons. The van der Waals surface area contributed by atoms with Gasteiger partial charge in [0.2, 0.25) is 0 Å². The lowest BCUT2D eigenvalue weighted by Crippen LogP contribution is -2.43. The maximum absolute atomic E-state index is 13.0. The molecule has 0 saturated carbocycles. The number of alkyl halides is 3. The highest BCUT2D eigenvalue weighted by Gasteiger charge is 2.36. The number of nitriles is 1. The van der Waals surface area contributed by atoms with E-state index in [-0.39, 0.29) is 5.92 Å². The monoisotopic (exact) mass is 430 g/mol. The summed E-state index contributed by atoms with van der Waals surface area (Å²) in [7, 11) is 0. The number of likely N-dealkylation sites (tertiary alicyclic amines) is 1. The van der Waals surface area contributed by atoms with Crippen LogP contribution in [-0.4, -0.2) is 23.1 Å². The number of benzene rings is 2. The quantitative estimate of drug-likeness (QED) is 0.551. The molecule has 31 heavy (non-hydrogen) atoms. The molecule has 1 amide bonds. The first-order valence-electron chi connectivity index (χ1n) is 10.1. The van der Waals surface area contributed by atoms with Crippen LogP contribution in [0.5, 0.6) is 0 Å². The maximum atomic E-state index is 13.0. The van der Waals surface area contributed by atoms with E-state index in [4.69, 9.17) is 10.00 Å². The van der Waals surface area contributed by atoms with Crippen molar-refractivity contribution in [1.29, 1.82) is 5.26 Å². The molecule has 1 saturated heterocycles. The van der Waals surface area contributed by atoms with Crippen molar-refractivity contribution in [3.63, 3.8) is 0 Å². The Balaban J connectivity index is 1.90. The molecule has 1 heterocycles. The van der Waals surface area contributed by atoms with Crippen molar-refractivity contribution in [1.82, 2.24) is 4.90 Å². The summed E-state index contributed by atoms with van der Waals surface area (Å²) in [5.74, 6) is 0.110. The number of amides is 1. The summed E-state index contributed by atoms with van der Waals surface area (Å²) in [6.07, 6.45) is -3.64. The zero-order valence-corrected chi connectivity index (χ0v) is 17.7. The number of ether oxygens (including phenoxy) is 1. The fourth-order valence-corrected chi connectivity index (χ4v) is 3.85. The van der Waals surface area contributed by atoms with Crippen LogP contribution in [0.1, 0.15) is 67.8 Å². The normalized spacial score (nSPS) is 19.6. The third-order valence-electron chi connectivity index (χ3n) is 5.36. The second-order valence-corrected chi connectivity index (χ2v) is 8.76. The molecule has 7 heteroatoms. The summed E-state index contributed by atoms with van der Waals surface area (Å²) in [5, 5.41) is 9.01. The smallest absolute Gasteiger partial charge is 0.416 e. The van der Waals surface area contributed by atoms with Crippen molar-refractivity contribution in [2.75, 3.05) is 6.54 Å². The Hall–Kier alpha value is -3.01. The van der Waals surface area contributed by atoms with Gasteiger partial charge in [-0.1, -0.05) is 24.3 Å². The number of halogens is 3. The van der Waals surface area contributed by atoms with Crippen molar-refractivity contribution < 1.29 is 22.7 Å². The molecule has 3 rings (SSSR count). The first kappa shape index (κ1) is 22.7. The molecule has 1 fully saturated rings. The Labute approximate surface area is 180 Å². The van der Waals surface area contributed by atoms with Gasteiger partial charge in [-0.15, -0.1) is 0 Å². The molecule has 0 aromatic heterocycles. The zero-order valence-electron chi connectivity index (χ0n) is 17.7. The summed E-state index contributed by atoms with van der Waals surface area (Å²) >= 11 is 0. The summed E-state index contributed by atoms with van der Waals surface area (Å²) in [6, 6.07) is 14.0. The van der Waals surface area contributed by atoms with Gasteiger partial charge in [-0.2, -0.15) is 18.4 Å². The van der Waals surface area contributed by atoms with Gasteiger partial charge in [-0.25, -0.2) is 4.79 Å². The largest absolute Gasteiger partial charge is 0.444 e. The summed E-state index contributed by atoms with van der Waals surface area (Å²) in [5.41, 5.74) is 0.844. The average Bonchev–Trinajstić information content (AvgIpc) is 2.71. The topological polar surface area (TPSA) is 53.3 Å². The second-order valence-electron chi connectivity index (χ2n) is 8.76. The number of hydrogen-bond acceptors (Lipinski definition) is 3. The maximum Gasteiger partial charge on any atom is 0.416 e. The SMILES string of the molecule is CC(C)(C)OC(=O)N1CC[C@@H](c2ccc(C#N)cc2)C[C@H]1c1ccc(C(F)(F)F)cc1. The van der Waals surface area contributed by atoms with E-state index < -0.39 is 29.5 Å². The Morgan fingerprint density at radius 1 is 1.03 bits per heavy atom. The zero-order chi connectivity index (χ0) is 22.8. The fraction of sp³-hybridized carbons (Fsp3) is 0.417. The molecular weight excluding hydrogens is 405 g/mol. The summed E-state index contributed by atoms with van der Waals surface area (Å²) < 4.78 is 44.5. The van der Waals surface area contributed by atoms with E-state index in [0.717, 1.165) is 17.7 Å². The molecule has 0 bridgehead atoms. The number of rotatable bonds is 2. The van der Waals surface area contributed by atoms with Crippen LogP contribution < -0.4 is 0 Å². The molecule has 0 N–H and O–H groups in total. The first-order chi connectivity index (χ1) is 14.5. The molecule has 0 unspecified atom stereocenters. The molecule has 2 aromatic carbocycles. The van der Waals surface area contributed by atoms with Crippen molar-refractivity contribution in [3.8, 4) is 6.07 Å². The van der Waals surface area contributed by atoms with Gasteiger partial charge in [0.05, 0.1) is 23.2 Å². The van der Waals surface area contributed by atoms with Gasteiger partial charge >= 0.3 is 12.3 Å². The lowest BCUT2D eigenvalue weighted by Gasteiger charge is -2.40. The number of carbonyl (C=O) groups excluding carboxylic acids is 1. The van der Waals surface area contributed by atoms with Crippen LogP contribution in [-0.2, 0) is 10.9 Å². The van der Waals surface area contributed by atoms with Gasteiger partial charge in [0.25, 0.3) is 0 Å². The van der Waals surface area contributed by atoms with Gasteiger partial charge in [-0.3, -0.25) is 0 Å². The fourth-order valence-electron chi connectivity index (χ4n) is 3.85. The van der Waals surface area contributed by atoms with Crippen LogP contribution >= 0.6 is 0 Å². The molecule has 2 aromatic rings. The first-order valence-corrected chi connectivity index (χ1v) is 10.1. The van der Waals surface area contributed by atoms with Crippen molar-refractivity contribution >= 4 is 6.09 Å². The van der Waals surface area contributed by atoms with Crippen LogP contribution in [0.4, 0.5) is 18.0 Å². The Morgan fingerprint density at radius 2 is 1.61 bits per heavy atom. The molecule has 4 nitrogen and oxygen atoms in total. The third-order valence-corrected chi connectivity index (χ3v) is 5.36. The number of nitrogens with zero attached hydrogens (tertiary/aromatic N) is 2. The van der Waals surface area contributed by atoms with Crippen LogP contribution in [0.2, 0.25) is 0 Å². The molecule has 0 aliphatic carbocycles. The predicted octanol–water partition coefficient (Wildman–Crippen LogP) is 6.43. The van der Waals surface area contributed by atoms with Gasteiger partial charge in [0, 0.05) is 6.54 Å². The van der Waals surface area contributed by atoms with Gasteiger partial charge < -0.3 is 9.64 Å². The van der Waals surface area contributed by atoms with Gasteiger partial charge in [0.1, 0.15) is 5.60 Å². The minimum Gasteiger partial charge on any atom is -0.444 e.